The lowest BCUT2D eigenvalue weighted by Gasteiger charge is -2.19. The predicted octanol–water partition coefficient (Wildman–Crippen LogP) is 3.58. The highest BCUT2D eigenvalue weighted by Crippen LogP contribution is 2.26. The number of rotatable bonds is 3. The molecule has 0 saturated carbocycles. The van der Waals surface area contributed by atoms with Gasteiger partial charge >= 0.3 is 0 Å². The molecule has 0 unspecified atom stereocenters. The van der Waals surface area contributed by atoms with Gasteiger partial charge in [0, 0.05) is 5.56 Å². The molecule has 0 aliphatic rings. The molecule has 2 nitrogen and oxygen atoms in total. The minimum Gasteiger partial charge on any atom is -0.491 e. The fraction of sp³-hybridized carbons (Fsp3) is 0.417. The van der Waals surface area contributed by atoms with E-state index in [1.165, 1.54) is 0 Å². The molecule has 0 saturated heterocycles. The summed E-state index contributed by atoms with van der Waals surface area (Å²) in [5.41, 5.74) is 0.648. The largest absolute Gasteiger partial charge is 0.491 e. The zero-order valence-corrected chi connectivity index (χ0v) is 9.97. The number of hydrogen-bond donors (Lipinski definition) is 0. The van der Waals surface area contributed by atoms with Gasteiger partial charge in [0.05, 0.1) is 11.6 Å². The van der Waals surface area contributed by atoms with Gasteiger partial charge in [-0.25, -0.2) is 0 Å². The fourth-order valence-corrected chi connectivity index (χ4v) is 1.25. The third-order valence-corrected chi connectivity index (χ3v) is 2.05. The highest BCUT2D eigenvalue weighted by molar-refractivity contribution is 6.32. The Hall–Kier alpha value is -1.02. The molecule has 1 aromatic rings. The maximum atomic E-state index is 10.5. The van der Waals surface area contributed by atoms with Gasteiger partial charge in [-0.2, -0.15) is 0 Å². The molecule has 0 fully saturated rings. The van der Waals surface area contributed by atoms with E-state index < -0.39 is 0 Å². The van der Waals surface area contributed by atoms with Crippen molar-refractivity contribution in [2.45, 2.75) is 20.8 Å². The highest BCUT2D eigenvalue weighted by Gasteiger charge is 2.12. The van der Waals surface area contributed by atoms with E-state index in [0.29, 0.717) is 22.9 Å². The zero-order valence-electron chi connectivity index (χ0n) is 9.21. The van der Waals surface area contributed by atoms with Crippen molar-refractivity contribution >= 4 is 17.9 Å². The second kappa shape index (κ2) is 4.67. The Morgan fingerprint density at radius 3 is 2.53 bits per heavy atom. The molecular formula is C12H15ClO2. The molecule has 0 spiro atoms. The van der Waals surface area contributed by atoms with Crippen LogP contribution >= 0.6 is 11.6 Å². The number of aldehydes is 1. The van der Waals surface area contributed by atoms with E-state index in [1.807, 2.05) is 0 Å². The third kappa shape index (κ3) is 3.92. The number of halogens is 1. The molecule has 0 aliphatic carbocycles. The van der Waals surface area contributed by atoms with E-state index >= 15 is 0 Å². The van der Waals surface area contributed by atoms with Gasteiger partial charge in [0.2, 0.25) is 0 Å². The Labute approximate surface area is 95.2 Å². The van der Waals surface area contributed by atoms with Crippen LogP contribution in [0.3, 0.4) is 0 Å². The molecule has 0 aliphatic heterocycles. The lowest BCUT2D eigenvalue weighted by atomic mass is 9.99. The molecular weight excluding hydrogens is 212 g/mol. The first-order chi connectivity index (χ1) is 6.92. The smallest absolute Gasteiger partial charge is 0.150 e. The van der Waals surface area contributed by atoms with Crippen molar-refractivity contribution in [1.29, 1.82) is 0 Å². The average molecular weight is 227 g/mol. The third-order valence-electron chi connectivity index (χ3n) is 1.75. The van der Waals surface area contributed by atoms with Gasteiger partial charge in [-0.3, -0.25) is 4.79 Å². The lowest BCUT2D eigenvalue weighted by molar-refractivity contribution is 0.112. The van der Waals surface area contributed by atoms with Crippen LogP contribution in [-0.2, 0) is 0 Å². The van der Waals surface area contributed by atoms with Crippen LogP contribution in [0.1, 0.15) is 31.1 Å². The van der Waals surface area contributed by atoms with Crippen molar-refractivity contribution in [1.82, 2.24) is 0 Å². The zero-order chi connectivity index (χ0) is 11.5. The van der Waals surface area contributed by atoms with Crippen LogP contribution < -0.4 is 4.74 Å². The van der Waals surface area contributed by atoms with Crippen molar-refractivity contribution < 1.29 is 9.53 Å². The predicted molar refractivity (Wildman–Crippen MR) is 61.8 cm³/mol. The molecule has 0 radical (unpaired) electrons. The number of carbonyl (C=O) groups is 1. The number of carbonyl (C=O) groups excluding carboxylic acids is 1. The summed E-state index contributed by atoms with van der Waals surface area (Å²) in [7, 11) is 0. The first kappa shape index (κ1) is 12.1. The lowest BCUT2D eigenvalue weighted by Crippen LogP contribution is -2.17. The van der Waals surface area contributed by atoms with Gasteiger partial charge in [0.25, 0.3) is 0 Å². The van der Waals surface area contributed by atoms with Crippen molar-refractivity contribution in [3.8, 4) is 5.75 Å². The van der Waals surface area contributed by atoms with Crippen LogP contribution in [0.15, 0.2) is 18.2 Å². The van der Waals surface area contributed by atoms with Gasteiger partial charge in [0.1, 0.15) is 12.0 Å². The molecule has 3 heteroatoms. The van der Waals surface area contributed by atoms with E-state index in [9.17, 15) is 4.79 Å². The summed E-state index contributed by atoms with van der Waals surface area (Å²) < 4.78 is 5.55. The number of benzene rings is 1. The molecule has 0 N–H and O–H groups in total. The fourth-order valence-electron chi connectivity index (χ4n) is 1.00. The van der Waals surface area contributed by atoms with Crippen molar-refractivity contribution in [2.24, 2.45) is 5.41 Å². The van der Waals surface area contributed by atoms with E-state index in [2.05, 4.69) is 20.8 Å². The monoisotopic (exact) mass is 226 g/mol. The Morgan fingerprint density at radius 2 is 2.07 bits per heavy atom. The number of hydrogen-bond acceptors (Lipinski definition) is 2. The summed E-state index contributed by atoms with van der Waals surface area (Å²) in [6.45, 7) is 6.84. The summed E-state index contributed by atoms with van der Waals surface area (Å²) in [5.74, 6) is 0.622. The van der Waals surface area contributed by atoms with Crippen molar-refractivity contribution in [3.63, 3.8) is 0 Å². The summed E-state index contributed by atoms with van der Waals surface area (Å²) in [4.78, 5) is 10.5. The summed E-state index contributed by atoms with van der Waals surface area (Å²) >= 11 is 5.95. The first-order valence-electron chi connectivity index (χ1n) is 4.80. The molecule has 1 aromatic carbocycles. The first-order valence-corrected chi connectivity index (χ1v) is 5.18. The van der Waals surface area contributed by atoms with Crippen LogP contribution in [-0.4, -0.2) is 12.9 Å². The van der Waals surface area contributed by atoms with Gasteiger partial charge in [0.15, 0.2) is 0 Å². The topological polar surface area (TPSA) is 26.3 Å². The number of ether oxygens (including phenoxy) is 1. The minimum atomic E-state index is 0.0899. The van der Waals surface area contributed by atoms with Gasteiger partial charge < -0.3 is 4.74 Å². The van der Waals surface area contributed by atoms with Gasteiger partial charge in [-0.1, -0.05) is 32.4 Å². The second-order valence-electron chi connectivity index (χ2n) is 4.66. The quantitative estimate of drug-likeness (QED) is 0.737. The van der Waals surface area contributed by atoms with E-state index in [1.54, 1.807) is 18.2 Å². The summed E-state index contributed by atoms with van der Waals surface area (Å²) in [5, 5.41) is 0.476. The van der Waals surface area contributed by atoms with Gasteiger partial charge in [-0.05, 0) is 23.6 Å². The second-order valence-corrected chi connectivity index (χ2v) is 5.06. The van der Waals surface area contributed by atoms with Crippen LogP contribution in [0.4, 0.5) is 0 Å². The van der Waals surface area contributed by atoms with Crippen LogP contribution in [0.25, 0.3) is 0 Å². The normalized spacial score (nSPS) is 11.2. The minimum absolute atomic E-state index is 0.0899. The van der Waals surface area contributed by atoms with E-state index in [0.717, 1.165) is 6.29 Å². The SMILES string of the molecule is CC(C)(C)COc1ccc(C=O)cc1Cl. The Kier molecular flexibility index (Phi) is 3.75. The molecule has 0 atom stereocenters. The van der Waals surface area contributed by atoms with Gasteiger partial charge in [-0.15, -0.1) is 0 Å². The maximum absolute atomic E-state index is 10.5. The highest BCUT2D eigenvalue weighted by atomic mass is 35.5. The van der Waals surface area contributed by atoms with Crippen LogP contribution in [0.2, 0.25) is 5.02 Å². The Balaban J connectivity index is 2.74. The van der Waals surface area contributed by atoms with E-state index in [4.69, 9.17) is 16.3 Å². The molecule has 0 aromatic heterocycles. The molecule has 15 heavy (non-hydrogen) atoms. The Bertz CT molecular complexity index is 353. The van der Waals surface area contributed by atoms with Crippen LogP contribution in [0, 0.1) is 5.41 Å². The standard InChI is InChI=1S/C12H15ClO2/c1-12(2,3)8-15-11-5-4-9(7-14)6-10(11)13/h4-7H,8H2,1-3H3. The average Bonchev–Trinajstić information content (AvgIpc) is 2.14. The van der Waals surface area contributed by atoms with Crippen LogP contribution in [0.5, 0.6) is 5.75 Å². The van der Waals surface area contributed by atoms with E-state index in [-0.39, 0.29) is 5.41 Å². The molecule has 1 rings (SSSR count). The molecule has 0 heterocycles. The molecule has 0 amide bonds. The van der Waals surface area contributed by atoms with Crippen molar-refractivity contribution in [3.05, 3.63) is 28.8 Å². The molecule has 0 bridgehead atoms. The van der Waals surface area contributed by atoms with Crippen molar-refractivity contribution in [2.75, 3.05) is 6.61 Å². The summed E-state index contributed by atoms with van der Waals surface area (Å²) in [6, 6.07) is 5.02. The Morgan fingerprint density at radius 1 is 1.40 bits per heavy atom. The molecule has 82 valence electrons. The maximum Gasteiger partial charge on any atom is 0.150 e. The summed E-state index contributed by atoms with van der Waals surface area (Å²) in [6.07, 6.45) is 0.763.